The standard InChI is InChI=1S/C19H20N4O/c1-14(24)17-5-4-15(12-20)10-18(17)22-13-16-6-7-21-19(11-16)23-8-2-3-9-23/h4-7,10-11,22H,2-3,8-9,13H2,1H3. The van der Waals surface area contributed by atoms with E-state index in [1.807, 2.05) is 12.3 Å². The minimum Gasteiger partial charge on any atom is -0.380 e. The van der Waals surface area contributed by atoms with E-state index in [1.54, 1.807) is 18.2 Å². The van der Waals surface area contributed by atoms with Gasteiger partial charge in [0.25, 0.3) is 0 Å². The molecule has 24 heavy (non-hydrogen) atoms. The van der Waals surface area contributed by atoms with Crippen molar-refractivity contribution in [3.05, 3.63) is 53.2 Å². The molecule has 1 aromatic carbocycles. The van der Waals surface area contributed by atoms with Crippen LogP contribution < -0.4 is 10.2 Å². The fraction of sp³-hybridized carbons (Fsp3) is 0.316. The van der Waals surface area contributed by atoms with Crippen molar-refractivity contribution in [2.75, 3.05) is 23.3 Å². The van der Waals surface area contributed by atoms with Crippen LogP contribution in [0.5, 0.6) is 0 Å². The molecule has 1 aliphatic heterocycles. The number of ketones is 1. The molecule has 0 spiro atoms. The van der Waals surface area contributed by atoms with E-state index >= 15 is 0 Å². The molecule has 122 valence electrons. The summed E-state index contributed by atoms with van der Waals surface area (Å²) in [4.78, 5) is 18.5. The number of carbonyl (C=O) groups excluding carboxylic acids is 1. The van der Waals surface area contributed by atoms with Crippen molar-refractivity contribution in [3.63, 3.8) is 0 Å². The van der Waals surface area contributed by atoms with Crippen LogP contribution in [-0.2, 0) is 6.54 Å². The van der Waals surface area contributed by atoms with Gasteiger partial charge in [0.1, 0.15) is 5.82 Å². The Bertz CT molecular complexity index is 788. The minimum atomic E-state index is -0.0190. The summed E-state index contributed by atoms with van der Waals surface area (Å²) < 4.78 is 0. The monoisotopic (exact) mass is 320 g/mol. The van der Waals surface area contributed by atoms with E-state index < -0.39 is 0 Å². The Balaban J connectivity index is 1.77. The summed E-state index contributed by atoms with van der Waals surface area (Å²) in [5.74, 6) is 0.985. The Kier molecular flexibility index (Phi) is 4.76. The Morgan fingerprint density at radius 1 is 1.29 bits per heavy atom. The highest BCUT2D eigenvalue weighted by Crippen LogP contribution is 2.21. The maximum Gasteiger partial charge on any atom is 0.161 e. The van der Waals surface area contributed by atoms with Gasteiger partial charge in [-0.1, -0.05) is 0 Å². The lowest BCUT2D eigenvalue weighted by atomic mass is 10.1. The maximum atomic E-state index is 11.8. The first-order valence-electron chi connectivity index (χ1n) is 8.16. The van der Waals surface area contributed by atoms with Crippen LogP contribution in [0.1, 0.15) is 41.3 Å². The van der Waals surface area contributed by atoms with Crippen molar-refractivity contribution >= 4 is 17.3 Å². The van der Waals surface area contributed by atoms with Crippen molar-refractivity contribution in [3.8, 4) is 6.07 Å². The second-order valence-electron chi connectivity index (χ2n) is 6.00. The van der Waals surface area contributed by atoms with Crippen LogP contribution in [0, 0.1) is 11.3 Å². The van der Waals surface area contributed by atoms with Gasteiger partial charge < -0.3 is 10.2 Å². The van der Waals surface area contributed by atoms with Crippen LogP contribution in [0.15, 0.2) is 36.5 Å². The SMILES string of the molecule is CC(=O)c1ccc(C#N)cc1NCc1ccnc(N2CCCC2)c1. The Hall–Kier alpha value is -2.87. The number of carbonyl (C=O) groups is 1. The topological polar surface area (TPSA) is 69.0 Å². The van der Waals surface area contributed by atoms with Crippen LogP contribution in [0.3, 0.4) is 0 Å². The van der Waals surface area contributed by atoms with Gasteiger partial charge in [0.2, 0.25) is 0 Å². The number of benzene rings is 1. The second-order valence-corrected chi connectivity index (χ2v) is 6.00. The lowest BCUT2D eigenvalue weighted by Crippen LogP contribution is -2.19. The molecule has 0 aliphatic carbocycles. The number of nitrogens with zero attached hydrogens (tertiary/aromatic N) is 3. The molecule has 0 bridgehead atoms. The van der Waals surface area contributed by atoms with Crippen LogP contribution in [0.25, 0.3) is 0 Å². The summed E-state index contributed by atoms with van der Waals surface area (Å²) >= 11 is 0. The van der Waals surface area contributed by atoms with Gasteiger partial charge in [-0.2, -0.15) is 5.26 Å². The van der Waals surface area contributed by atoms with Gasteiger partial charge in [-0.15, -0.1) is 0 Å². The molecule has 1 saturated heterocycles. The summed E-state index contributed by atoms with van der Waals surface area (Å²) in [6, 6.07) is 11.2. The van der Waals surface area contributed by atoms with Gasteiger partial charge in [0.05, 0.1) is 11.6 Å². The predicted octanol–water partition coefficient (Wildman–Crippen LogP) is 3.37. The van der Waals surface area contributed by atoms with Gasteiger partial charge in [0.15, 0.2) is 5.78 Å². The van der Waals surface area contributed by atoms with Gasteiger partial charge >= 0.3 is 0 Å². The van der Waals surface area contributed by atoms with Crippen LogP contribution in [-0.4, -0.2) is 23.9 Å². The quantitative estimate of drug-likeness (QED) is 0.855. The molecular weight excluding hydrogens is 300 g/mol. The molecule has 1 aliphatic rings. The number of hydrogen-bond donors (Lipinski definition) is 1. The molecule has 1 aromatic heterocycles. The molecule has 5 heteroatoms. The summed E-state index contributed by atoms with van der Waals surface area (Å²) in [6.07, 6.45) is 4.25. The van der Waals surface area contributed by atoms with Crippen molar-refractivity contribution < 1.29 is 4.79 Å². The summed E-state index contributed by atoms with van der Waals surface area (Å²) in [6.45, 7) is 4.23. The van der Waals surface area contributed by atoms with E-state index in [2.05, 4.69) is 27.3 Å². The zero-order valence-electron chi connectivity index (χ0n) is 13.7. The largest absolute Gasteiger partial charge is 0.380 e. The molecule has 2 heterocycles. The van der Waals surface area contributed by atoms with E-state index in [0.29, 0.717) is 23.4 Å². The average Bonchev–Trinajstić information content (AvgIpc) is 3.14. The molecule has 1 N–H and O–H groups in total. The van der Waals surface area contributed by atoms with Gasteiger partial charge in [-0.05, 0) is 55.7 Å². The lowest BCUT2D eigenvalue weighted by molar-refractivity contribution is 0.101. The molecule has 0 radical (unpaired) electrons. The molecule has 5 nitrogen and oxygen atoms in total. The number of Topliss-reactive ketones (excluding diaryl/α,β-unsaturated/α-hetero) is 1. The molecule has 0 unspecified atom stereocenters. The third kappa shape index (κ3) is 3.54. The number of anilines is 2. The third-order valence-corrected chi connectivity index (χ3v) is 4.25. The first-order chi connectivity index (χ1) is 11.7. The molecule has 1 fully saturated rings. The second kappa shape index (κ2) is 7.14. The zero-order valence-corrected chi connectivity index (χ0v) is 13.7. The lowest BCUT2D eigenvalue weighted by Gasteiger charge is -2.17. The number of rotatable bonds is 5. The van der Waals surface area contributed by atoms with Crippen molar-refractivity contribution in [2.45, 2.75) is 26.3 Å². The molecule has 0 saturated carbocycles. The van der Waals surface area contributed by atoms with Crippen LogP contribution in [0.4, 0.5) is 11.5 Å². The summed E-state index contributed by atoms with van der Waals surface area (Å²) in [7, 11) is 0. The third-order valence-electron chi connectivity index (χ3n) is 4.25. The van der Waals surface area contributed by atoms with Crippen molar-refractivity contribution in [1.82, 2.24) is 4.98 Å². The molecule has 3 rings (SSSR count). The maximum absolute atomic E-state index is 11.8. The first kappa shape index (κ1) is 16.0. The molecule has 0 atom stereocenters. The van der Waals surface area contributed by atoms with E-state index in [-0.39, 0.29) is 5.78 Å². The minimum absolute atomic E-state index is 0.0190. The van der Waals surface area contributed by atoms with E-state index in [0.717, 1.165) is 24.5 Å². The Morgan fingerprint density at radius 2 is 2.08 bits per heavy atom. The van der Waals surface area contributed by atoms with Crippen molar-refractivity contribution in [2.24, 2.45) is 0 Å². The van der Waals surface area contributed by atoms with E-state index in [9.17, 15) is 4.79 Å². The van der Waals surface area contributed by atoms with Crippen molar-refractivity contribution in [1.29, 1.82) is 5.26 Å². The Morgan fingerprint density at radius 3 is 2.79 bits per heavy atom. The summed E-state index contributed by atoms with van der Waals surface area (Å²) in [5.41, 5.74) is 2.93. The highest BCUT2D eigenvalue weighted by molar-refractivity contribution is 5.99. The fourth-order valence-corrected chi connectivity index (χ4v) is 2.95. The number of nitriles is 1. The number of aromatic nitrogens is 1. The fourth-order valence-electron chi connectivity index (χ4n) is 2.95. The highest BCUT2D eigenvalue weighted by Gasteiger charge is 2.14. The molecular formula is C19H20N4O. The molecule has 0 amide bonds. The summed E-state index contributed by atoms with van der Waals surface area (Å²) in [5, 5.41) is 12.3. The Labute approximate surface area is 141 Å². The van der Waals surface area contributed by atoms with Gasteiger partial charge in [-0.25, -0.2) is 4.98 Å². The first-order valence-corrected chi connectivity index (χ1v) is 8.16. The zero-order chi connectivity index (χ0) is 16.9. The highest BCUT2D eigenvalue weighted by atomic mass is 16.1. The predicted molar refractivity (Wildman–Crippen MR) is 94.2 cm³/mol. The van der Waals surface area contributed by atoms with Gasteiger partial charge in [-0.3, -0.25) is 4.79 Å². The van der Waals surface area contributed by atoms with Gasteiger partial charge in [0, 0.05) is 37.1 Å². The smallest absolute Gasteiger partial charge is 0.161 e. The van der Waals surface area contributed by atoms with Crippen LogP contribution in [0.2, 0.25) is 0 Å². The van der Waals surface area contributed by atoms with E-state index in [4.69, 9.17) is 5.26 Å². The number of hydrogen-bond acceptors (Lipinski definition) is 5. The molecule has 2 aromatic rings. The number of nitrogens with one attached hydrogen (secondary N) is 1. The van der Waals surface area contributed by atoms with Crippen LogP contribution >= 0.6 is 0 Å². The average molecular weight is 320 g/mol. The van der Waals surface area contributed by atoms with E-state index in [1.165, 1.54) is 19.8 Å². The number of pyridine rings is 1. The normalized spacial score (nSPS) is 13.6.